The van der Waals surface area contributed by atoms with E-state index in [1.54, 1.807) is 0 Å². The summed E-state index contributed by atoms with van der Waals surface area (Å²) in [5.74, 6) is 0.477. The Morgan fingerprint density at radius 2 is 2.30 bits per heavy atom. The lowest BCUT2D eigenvalue weighted by Gasteiger charge is -2.35. The van der Waals surface area contributed by atoms with Crippen molar-refractivity contribution in [2.45, 2.75) is 45.8 Å². The van der Waals surface area contributed by atoms with E-state index in [0.29, 0.717) is 10.4 Å². The number of piperidine rings is 1. The van der Waals surface area contributed by atoms with Crippen LogP contribution in [-0.2, 0) is 11.3 Å². The molecule has 5 nitrogen and oxygen atoms in total. The monoisotopic (exact) mass is 359 g/mol. The van der Waals surface area contributed by atoms with Crippen LogP contribution in [-0.4, -0.2) is 53.2 Å². The number of hydrogen-bond acceptors (Lipinski definition) is 5. The largest absolute Gasteiger partial charge is 0.444 e. The molecule has 0 unspecified atom stereocenters. The Hall–Kier alpha value is -0.850. The van der Waals surface area contributed by atoms with E-state index in [-0.39, 0.29) is 6.09 Å². The summed E-state index contributed by atoms with van der Waals surface area (Å²) in [6.07, 6.45) is 3.81. The molecule has 1 aliphatic heterocycles. The normalized spacial score (nSPS) is 19.2. The van der Waals surface area contributed by atoms with Gasteiger partial charge >= 0.3 is 6.09 Å². The molecule has 0 bridgehead atoms. The van der Waals surface area contributed by atoms with Crippen molar-refractivity contribution in [3.8, 4) is 0 Å². The highest BCUT2D eigenvalue weighted by atomic mass is 35.5. The Morgan fingerprint density at radius 1 is 1.57 bits per heavy atom. The van der Waals surface area contributed by atoms with Crippen molar-refractivity contribution in [2.75, 3.05) is 26.7 Å². The molecule has 0 N–H and O–H groups in total. The Bertz CT molecular complexity index is 530. The third-order valence-corrected chi connectivity index (χ3v) is 4.79. The van der Waals surface area contributed by atoms with Gasteiger partial charge in [0.2, 0.25) is 0 Å². The molecule has 7 heteroatoms. The molecule has 23 heavy (non-hydrogen) atoms. The fourth-order valence-corrected chi connectivity index (χ4v) is 3.89. The number of rotatable bonds is 4. The maximum absolute atomic E-state index is 12.2. The number of hydrogen-bond donors (Lipinski definition) is 0. The molecule has 0 aromatic carbocycles. The van der Waals surface area contributed by atoms with Gasteiger partial charge in [-0.15, -0.1) is 11.3 Å². The van der Waals surface area contributed by atoms with Crippen molar-refractivity contribution in [1.82, 2.24) is 14.8 Å². The van der Waals surface area contributed by atoms with Crippen LogP contribution >= 0.6 is 22.9 Å². The molecule has 1 aromatic rings. The molecule has 1 amide bonds. The van der Waals surface area contributed by atoms with Gasteiger partial charge < -0.3 is 14.5 Å². The summed E-state index contributed by atoms with van der Waals surface area (Å²) >= 11 is 7.39. The molecule has 0 radical (unpaired) electrons. The molecule has 130 valence electrons. The van der Waals surface area contributed by atoms with Gasteiger partial charge in [0.15, 0.2) is 4.47 Å². The number of ether oxygens (including phenoxy) is 1. The number of likely N-dealkylation sites (tertiary alicyclic amines) is 1. The van der Waals surface area contributed by atoms with Crippen LogP contribution in [0.1, 0.15) is 38.5 Å². The maximum atomic E-state index is 12.2. The summed E-state index contributed by atoms with van der Waals surface area (Å²) in [5.41, 5.74) is -0.438. The van der Waals surface area contributed by atoms with Crippen LogP contribution in [0.5, 0.6) is 0 Å². The second-order valence-electron chi connectivity index (χ2n) is 7.21. The number of aromatic nitrogens is 1. The van der Waals surface area contributed by atoms with E-state index in [1.165, 1.54) is 11.3 Å². The van der Waals surface area contributed by atoms with E-state index in [4.69, 9.17) is 16.3 Å². The van der Waals surface area contributed by atoms with Crippen molar-refractivity contribution in [3.63, 3.8) is 0 Å². The van der Waals surface area contributed by atoms with E-state index < -0.39 is 5.60 Å². The smallest absolute Gasteiger partial charge is 0.410 e. The molecular formula is C16H26ClN3O2S. The molecule has 1 aromatic heterocycles. The van der Waals surface area contributed by atoms with Crippen molar-refractivity contribution in [3.05, 3.63) is 15.5 Å². The van der Waals surface area contributed by atoms with Crippen LogP contribution < -0.4 is 0 Å². The predicted octanol–water partition coefficient (Wildman–Crippen LogP) is 3.88. The Kier molecular flexibility index (Phi) is 6.28. The van der Waals surface area contributed by atoms with Gasteiger partial charge in [0, 0.05) is 37.3 Å². The van der Waals surface area contributed by atoms with E-state index in [1.807, 2.05) is 31.9 Å². The zero-order chi connectivity index (χ0) is 17.0. The highest BCUT2D eigenvalue weighted by Crippen LogP contribution is 2.22. The van der Waals surface area contributed by atoms with Gasteiger partial charge in [0.1, 0.15) is 5.60 Å². The molecule has 2 rings (SSSR count). The Morgan fingerprint density at radius 3 is 2.91 bits per heavy atom. The molecule has 1 atom stereocenters. The fraction of sp³-hybridized carbons (Fsp3) is 0.750. The lowest BCUT2D eigenvalue weighted by Crippen LogP contribution is -2.45. The summed E-state index contributed by atoms with van der Waals surface area (Å²) in [4.78, 5) is 21.6. The van der Waals surface area contributed by atoms with Crippen LogP contribution in [0.3, 0.4) is 0 Å². The van der Waals surface area contributed by atoms with Gasteiger partial charge in [0.25, 0.3) is 0 Å². The Balaban J connectivity index is 1.82. The molecule has 1 saturated heterocycles. The topological polar surface area (TPSA) is 45.7 Å². The average molecular weight is 360 g/mol. The molecule has 1 aliphatic rings. The lowest BCUT2D eigenvalue weighted by molar-refractivity contribution is 0.0148. The van der Waals surface area contributed by atoms with E-state index in [0.717, 1.165) is 43.9 Å². The summed E-state index contributed by atoms with van der Waals surface area (Å²) < 4.78 is 6.07. The summed E-state index contributed by atoms with van der Waals surface area (Å²) in [6, 6.07) is 0. The van der Waals surface area contributed by atoms with Gasteiger partial charge in [-0.2, -0.15) is 0 Å². The van der Waals surface area contributed by atoms with Gasteiger partial charge in [-0.3, -0.25) is 0 Å². The summed E-state index contributed by atoms with van der Waals surface area (Å²) in [5, 5.41) is 0. The highest BCUT2D eigenvalue weighted by molar-refractivity contribution is 7.15. The number of carbonyl (C=O) groups excluding carboxylic acids is 1. The number of amides is 1. The number of thiazole rings is 1. The zero-order valence-corrected chi connectivity index (χ0v) is 15.9. The first kappa shape index (κ1) is 18.5. The Labute approximate surface area is 147 Å². The van der Waals surface area contributed by atoms with E-state index in [2.05, 4.69) is 16.9 Å². The molecule has 1 fully saturated rings. The molecule has 0 spiro atoms. The third kappa shape index (κ3) is 6.28. The van der Waals surface area contributed by atoms with Gasteiger partial charge in [0.05, 0.1) is 0 Å². The van der Waals surface area contributed by atoms with E-state index >= 15 is 0 Å². The second-order valence-corrected chi connectivity index (χ2v) is 8.91. The summed E-state index contributed by atoms with van der Waals surface area (Å²) in [7, 11) is 2.10. The number of carbonyl (C=O) groups is 1. The standard InChI is InChI=1S/C16H26ClN3O2S/c1-16(2,3)22-15(21)20-7-5-6-12(10-20)9-19(4)11-13-8-18-14(17)23-13/h8,12H,5-7,9-11H2,1-4H3/t12-/m0/s1. The van der Waals surface area contributed by atoms with Crippen molar-refractivity contribution >= 4 is 29.0 Å². The SMILES string of the molecule is CN(Cc1cnc(Cl)s1)C[C@@H]1CCCN(C(=O)OC(C)(C)C)C1. The minimum Gasteiger partial charge on any atom is -0.444 e. The number of nitrogens with zero attached hydrogens (tertiary/aromatic N) is 3. The van der Waals surface area contributed by atoms with Gasteiger partial charge in [-0.25, -0.2) is 9.78 Å². The van der Waals surface area contributed by atoms with E-state index in [9.17, 15) is 4.79 Å². The maximum Gasteiger partial charge on any atom is 0.410 e. The summed E-state index contributed by atoms with van der Waals surface area (Å²) in [6.45, 7) is 9.06. The molecule has 0 saturated carbocycles. The lowest BCUT2D eigenvalue weighted by atomic mass is 9.98. The number of halogens is 1. The highest BCUT2D eigenvalue weighted by Gasteiger charge is 2.28. The quantitative estimate of drug-likeness (QED) is 0.818. The van der Waals surface area contributed by atoms with Crippen LogP contribution in [0.2, 0.25) is 4.47 Å². The van der Waals surface area contributed by atoms with Crippen LogP contribution in [0.15, 0.2) is 6.20 Å². The van der Waals surface area contributed by atoms with Crippen LogP contribution in [0.25, 0.3) is 0 Å². The van der Waals surface area contributed by atoms with Crippen molar-refractivity contribution in [1.29, 1.82) is 0 Å². The predicted molar refractivity (Wildman–Crippen MR) is 94.0 cm³/mol. The first-order valence-corrected chi connectivity index (χ1v) is 9.19. The second kappa shape index (κ2) is 7.81. The minimum atomic E-state index is -0.438. The average Bonchev–Trinajstić information content (AvgIpc) is 2.82. The van der Waals surface area contributed by atoms with Gasteiger partial charge in [-0.1, -0.05) is 11.6 Å². The fourth-order valence-electron chi connectivity index (χ4n) is 2.83. The van der Waals surface area contributed by atoms with Crippen LogP contribution in [0.4, 0.5) is 4.79 Å². The first-order valence-electron chi connectivity index (χ1n) is 7.99. The zero-order valence-electron chi connectivity index (χ0n) is 14.3. The van der Waals surface area contributed by atoms with Gasteiger partial charge in [-0.05, 0) is 46.6 Å². The van der Waals surface area contributed by atoms with Crippen molar-refractivity contribution in [2.24, 2.45) is 5.92 Å². The first-order chi connectivity index (χ1) is 10.7. The third-order valence-electron chi connectivity index (χ3n) is 3.69. The molecular weight excluding hydrogens is 334 g/mol. The van der Waals surface area contributed by atoms with Crippen molar-refractivity contribution < 1.29 is 9.53 Å². The molecule has 2 heterocycles. The van der Waals surface area contributed by atoms with Crippen LogP contribution in [0, 0.1) is 5.92 Å². The minimum absolute atomic E-state index is 0.195. The molecule has 0 aliphatic carbocycles.